The van der Waals surface area contributed by atoms with Crippen molar-refractivity contribution in [2.75, 3.05) is 18.4 Å². The molecular weight excluding hydrogens is 325 g/mol. The number of nitrogens with one attached hydrogen (secondary N) is 3. The first-order valence-electron chi connectivity index (χ1n) is 7.21. The highest BCUT2D eigenvalue weighted by molar-refractivity contribution is 6.31. The maximum absolute atomic E-state index is 12.1. The largest absolute Gasteiger partial charge is 0.352 e. The number of anilines is 1. The summed E-state index contributed by atoms with van der Waals surface area (Å²) < 4.78 is 0. The van der Waals surface area contributed by atoms with Crippen LogP contribution in [0.25, 0.3) is 0 Å². The second kappa shape index (κ2) is 8.98. The molecule has 22 heavy (non-hydrogen) atoms. The van der Waals surface area contributed by atoms with Gasteiger partial charge in [0, 0.05) is 24.0 Å². The summed E-state index contributed by atoms with van der Waals surface area (Å²) in [7, 11) is 0. The monoisotopic (exact) mass is 345 g/mol. The van der Waals surface area contributed by atoms with Crippen molar-refractivity contribution in [1.29, 1.82) is 0 Å². The van der Waals surface area contributed by atoms with Crippen molar-refractivity contribution in [2.45, 2.75) is 32.2 Å². The van der Waals surface area contributed by atoms with Crippen LogP contribution in [0.15, 0.2) is 18.2 Å². The fraction of sp³-hybridized carbons (Fsp3) is 0.467. The van der Waals surface area contributed by atoms with Crippen molar-refractivity contribution < 1.29 is 9.59 Å². The van der Waals surface area contributed by atoms with Gasteiger partial charge >= 0.3 is 0 Å². The zero-order valence-electron chi connectivity index (χ0n) is 12.4. The second-order valence-electron chi connectivity index (χ2n) is 5.09. The van der Waals surface area contributed by atoms with Crippen LogP contribution in [0.1, 0.15) is 36.5 Å². The van der Waals surface area contributed by atoms with Crippen LogP contribution in [0.4, 0.5) is 5.69 Å². The van der Waals surface area contributed by atoms with Crippen LogP contribution in [0.3, 0.4) is 0 Å². The first kappa shape index (κ1) is 18.7. The summed E-state index contributed by atoms with van der Waals surface area (Å²) in [5.41, 5.74) is 0.880. The molecule has 1 heterocycles. The summed E-state index contributed by atoms with van der Waals surface area (Å²) in [5, 5.41) is 9.28. The van der Waals surface area contributed by atoms with E-state index < -0.39 is 0 Å². The van der Waals surface area contributed by atoms with Gasteiger partial charge in [-0.25, -0.2) is 0 Å². The highest BCUT2D eigenvalue weighted by Crippen LogP contribution is 2.22. The van der Waals surface area contributed by atoms with Crippen LogP contribution in [-0.4, -0.2) is 30.9 Å². The van der Waals surface area contributed by atoms with Crippen LogP contribution in [0, 0.1) is 0 Å². The lowest BCUT2D eigenvalue weighted by atomic mass is 10.1. The van der Waals surface area contributed by atoms with Crippen LogP contribution in [0.2, 0.25) is 5.02 Å². The van der Waals surface area contributed by atoms with E-state index in [9.17, 15) is 9.59 Å². The summed E-state index contributed by atoms with van der Waals surface area (Å²) in [6.07, 6.45) is 2.51. The predicted molar refractivity (Wildman–Crippen MR) is 91.0 cm³/mol. The van der Waals surface area contributed by atoms with Crippen molar-refractivity contribution in [3.63, 3.8) is 0 Å². The Morgan fingerprint density at radius 2 is 2.18 bits per heavy atom. The summed E-state index contributed by atoms with van der Waals surface area (Å²) in [6.45, 7) is 3.33. The quantitative estimate of drug-likeness (QED) is 0.768. The van der Waals surface area contributed by atoms with Gasteiger partial charge in [-0.3, -0.25) is 9.59 Å². The summed E-state index contributed by atoms with van der Waals surface area (Å²) >= 11 is 5.96. The molecule has 0 saturated carbocycles. The molecule has 0 spiro atoms. The molecule has 1 aromatic carbocycles. The molecule has 122 valence electrons. The van der Waals surface area contributed by atoms with E-state index in [1.54, 1.807) is 18.2 Å². The Balaban J connectivity index is 0.00000242. The van der Waals surface area contributed by atoms with E-state index in [1.807, 2.05) is 6.92 Å². The molecular formula is C15H21Cl2N3O2. The SMILES string of the molecule is CCNC(=O)c1ccc(Cl)cc1NC(=O)CC1CCCN1.Cl. The molecule has 1 saturated heterocycles. The molecule has 0 aromatic heterocycles. The van der Waals surface area contributed by atoms with Crippen molar-refractivity contribution in [3.8, 4) is 0 Å². The lowest BCUT2D eigenvalue weighted by Gasteiger charge is -2.13. The lowest BCUT2D eigenvalue weighted by Crippen LogP contribution is -2.29. The highest BCUT2D eigenvalue weighted by atomic mass is 35.5. The minimum atomic E-state index is -0.219. The van der Waals surface area contributed by atoms with E-state index >= 15 is 0 Å². The molecule has 1 atom stereocenters. The molecule has 1 fully saturated rings. The molecule has 3 N–H and O–H groups in total. The normalized spacial score (nSPS) is 16.7. The number of hydrogen-bond acceptors (Lipinski definition) is 3. The second-order valence-corrected chi connectivity index (χ2v) is 5.53. The van der Waals surface area contributed by atoms with E-state index in [1.165, 1.54) is 0 Å². The van der Waals surface area contributed by atoms with Gasteiger partial charge in [0.1, 0.15) is 0 Å². The van der Waals surface area contributed by atoms with Crippen LogP contribution in [0.5, 0.6) is 0 Å². The minimum absolute atomic E-state index is 0. The number of hydrogen-bond donors (Lipinski definition) is 3. The number of halogens is 2. The topological polar surface area (TPSA) is 70.2 Å². The van der Waals surface area contributed by atoms with Gasteiger partial charge in [0.15, 0.2) is 0 Å². The average molecular weight is 346 g/mol. The van der Waals surface area contributed by atoms with Gasteiger partial charge in [-0.2, -0.15) is 0 Å². The van der Waals surface area contributed by atoms with E-state index in [0.717, 1.165) is 19.4 Å². The van der Waals surface area contributed by atoms with E-state index in [2.05, 4.69) is 16.0 Å². The molecule has 0 aliphatic carbocycles. The predicted octanol–water partition coefficient (Wildman–Crippen LogP) is 2.59. The number of amides is 2. The van der Waals surface area contributed by atoms with Gasteiger partial charge in [-0.15, -0.1) is 12.4 Å². The number of rotatable bonds is 5. The number of carbonyl (C=O) groups excluding carboxylic acids is 2. The smallest absolute Gasteiger partial charge is 0.253 e. The molecule has 7 heteroatoms. The van der Waals surface area contributed by atoms with Crippen molar-refractivity contribution >= 4 is 41.5 Å². The molecule has 1 unspecified atom stereocenters. The van der Waals surface area contributed by atoms with Crippen LogP contribution in [-0.2, 0) is 4.79 Å². The molecule has 5 nitrogen and oxygen atoms in total. The third-order valence-corrected chi connectivity index (χ3v) is 3.67. The molecule has 1 aliphatic rings. The fourth-order valence-corrected chi connectivity index (χ4v) is 2.60. The van der Waals surface area contributed by atoms with Crippen molar-refractivity contribution in [2.24, 2.45) is 0 Å². The minimum Gasteiger partial charge on any atom is -0.352 e. The summed E-state index contributed by atoms with van der Waals surface area (Å²) in [4.78, 5) is 24.1. The molecule has 2 amide bonds. The van der Waals surface area contributed by atoms with Gasteiger partial charge in [-0.1, -0.05) is 11.6 Å². The van der Waals surface area contributed by atoms with Gasteiger partial charge in [0.25, 0.3) is 5.91 Å². The summed E-state index contributed by atoms with van der Waals surface area (Å²) in [6, 6.07) is 5.08. The highest BCUT2D eigenvalue weighted by Gasteiger charge is 2.19. The van der Waals surface area contributed by atoms with Crippen LogP contribution >= 0.6 is 24.0 Å². The van der Waals surface area contributed by atoms with Crippen LogP contribution < -0.4 is 16.0 Å². The van der Waals surface area contributed by atoms with Gasteiger partial charge in [-0.05, 0) is 44.5 Å². The summed E-state index contributed by atoms with van der Waals surface area (Å²) in [5.74, 6) is -0.328. The molecule has 2 rings (SSSR count). The van der Waals surface area contributed by atoms with Gasteiger partial charge in [0.2, 0.25) is 5.91 Å². The lowest BCUT2D eigenvalue weighted by molar-refractivity contribution is -0.116. The Morgan fingerprint density at radius 3 is 2.82 bits per heavy atom. The Morgan fingerprint density at radius 1 is 1.41 bits per heavy atom. The number of benzene rings is 1. The fourth-order valence-electron chi connectivity index (χ4n) is 2.43. The van der Waals surface area contributed by atoms with Crippen molar-refractivity contribution in [1.82, 2.24) is 10.6 Å². The Labute approximate surface area is 141 Å². The molecule has 0 bridgehead atoms. The number of carbonyl (C=O) groups is 2. The first-order chi connectivity index (χ1) is 10.1. The van der Waals surface area contributed by atoms with E-state index in [0.29, 0.717) is 29.2 Å². The Hall–Kier alpha value is -1.30. The van der Waals surface area contributed by atoms with E-state index in [-0.39, 0.29) is 30.3 Å². The molecule has 1 aliphatic heterocycles. The average Bonchev–Trinajstić information content (AvgIpc) is 2.91. The van der Waals surface area contributed by atoms with Gasteiger partial charge < -0.3 is 16.0 Å². The van der Waals surface area contributed by atoms with Crippen molar-refractivity contribution in [3.05, 3.63) is 28.8 Å². The Bertz CT molecular complexity index is 532. The maximum Gasteiger partial charge on any atom is 0.253 e. The third-order valence-electron chi connectivity index (χ3n) is 3.43. The van der Waals surface area contributed by atoms with Gasteiger partial charge in [0.05, 0.1) is 11.3 Å². The third kappa shape index (κ3) is 5.16. The Kier molecular flexibility index (Phi) is 7.65. The maximum atomic E-state index is 12.1. The zero-order valence-corrected chi connectivity index (χ0v) is 14.0. The molecule has 1 aromatic rings. The first-order valence-corrected chi connectivity index (χ1v) is 7.59. The molecule has 0 radical (unpaired) electrons. The zero-order chi connectivity index (χ0) is 15.2. The van der Waals surface area contributed by atoms with E-state index in [4.69, 9.17) is 11.6 Å². The standard InChI is InChI=1S/C15H20ClN3O2.ClH/c1-2-17-15(21)12-6-5-10(16)8-13(12)19-14(20)9-11-4-3-7-18-11;/h5-6,8,11,18H,2-4,7,9H2,1H3,(H,17,21)(H,19,20);1H.